The van der Waals surface area contributed by atoms with Gasteiger partial charge in [0.2, 0.25) is 0 Å². The lowest BCUT2D eigenvalue weighted by Gasteiger charge is -2.20. The predicted molar refractivity (Wildman–Crippen MR) is 68.2 cm³/mol. The Balaban J connectivity index is 3.05. The molecule has 1 amide bonds. The molecule has 0 bridgehead atoms. The minimum Gasteiger partial charge on any atom is -0.508 e. The number of hydrogen-bond acceptors (Lipinski definition) is 3. The van der Waals surface area contributed by atoms with Gasteiger partial charge in [0, 0.05) is 6.08 Å². The smallest absolute Gasteiger partial charge is 0.257 e. The number of aromatic hydroxyl groups is 1. The molecule has 0 aromatic heterocycles. The van der Waals surface area contributed by atoms with E-state index in [9.17, 15) is 9.90 Å². The van der Waals surface area contributed by atoms with Gasteiger partial charge in [-0.05, 0) is 34.8 Å². The van der Waals surface area contributed by atoms with E-state index < -0.39 is 0 Å². The van der Waals surface area contributed by atoms with Crippen LogP contribution >= 0.6 is 0 Å². The Labute approximate surface area is 101 Å². The largest absolute Gasteiger partial charge is 0.508 e. The van der Waals surface area contributed by atoms with Gasteiger partial charge in [-0.1, -0.05) is 26.8 Å². The summed E-state index contributed by atoms with van der Waals surface area (Å²) < 4.78 is 0. The zero-order valence-electron chi connectivity index (χ0n) is 10.3. The SMILES string of the molecule is CC(C)(C)c1cc(/C=C/C(=O)NN)ccc1O. The Bertz CT molecular complexity index is 445. The highest BCUT2D eigenvalue weighted by Gasteiger charge is 2.17. The molecule has 0 fully saturated rings. The molecule has 17 heavy (non-hydrogen) atoms. The second-order valence-electron chi connectivity index (χ2n) is 4.87. The molecule has 1 rings (SSSR count). The molecule has 0 saturated carbocycles. The lowest BCUT2D eigenvalue weighted by Crippen LogP contribution is -2.27. The minimum atomic E-state index is -0.365. The lowest BCUT2D eigenvalue weighted by atomic mass is 9.85. The standard InChI is InChI=1S/C13H18N2O2/c1-13(2,3)10-8-9(4-6-11(10)16)5-7-12(17)15-14/h4-8,16H,14H2,1-3H3,(H,15,17)/b7-5+. The van der Waals surface area contributed by atoms with Crippen LogP contribution in [0.2, 0.25) is 0 Å². The van der Waals surface area contributed by atoms with Crippen LogP contribution in [0, 0.1) is 0 Å². The Morgan fingerprint density at radius 2 is 2.06 bits per heavy atom. The van der Waals surface area contributed by atoms with E-state index in [0.29, 0.717) is 0 Å². The van der Waals surface area contributed by atoms with Gasteiger partial charge >= 0.3 is 0 Å². The van der Waals surface area contributed by atoms with Crippen molar-refractivity contribution in [2.45, 2.75) is 26.2 Å². The van der Waals surface area contributed by atoms with E-state index in [-0.39, 0.29) is 17.1 Å². The molecular formula is C13H18N2O2. The summed E-state index contributed by atoms with van der Waals surface area (Å²) in [6.07, 6.45) is 3.00. The van der Waals surface area contributed by atoms with Crippen LogP contribution in [-0.2, 0) is 10.2 Å². The number of hydrogen-bond donors (Lipinski definition) is 3. The summed E-state index contributed by atoms with van der Waals surface area (Å²) in [5.41, 5.74) is 3.55. The van der Waals surface area contributed by atoms with Gasteiger partial charge in [-0.2, -0.15) is 0 Å². The van der Waals surface area contributed by atoms with Crippen molar-refractivity contribution in [2.75, 3.05) is 0 Å². The van der Waals surface area contributed by atoms with E-state index in [2.05, 4.69) is 0 Å². The van der Waals surface area contributed by atoms with Crippen molar-refractivity contribution < 1.29 is 9.90 Å². The van der Waals surface area contributed by atoms with Crippen LogP contribution in [0.3, 0.4) is 0 Å². The van der Waals surface area contributed by atoms with Crippen molar-refractivity contribution in [1.82, 2.24) is 5.43 Å². The average Bonchev–Trinajstić information content (AvgIpc) is 2.26. The molecule has 4 N–H and O–H groups in total. The summed E-state index contributed by atoms with van der Waals surface area (Å²) >= 11 is 0. The number of nitrogens with one attached hydrogen (secondary N) is 1. The van der Waals surface area contributed by atoms with Crippen molar-refractivity contribution in [2.24, 2.45) is 5.84 Å². The van der Waals surface area contributed by atoms with Gasteiger partial charge in [-0.25, -0.2) is 5.84 Å². The molecule has 0 unspecified atom stereocenters. The zero-order valence-corrected chi connectivity index (χ0v) is 10.3. The van der Waals surface area contributed by atoms with Crippen LogP contribution in [0.1, 0.15) is 31.9 Å². The third-order valence-corrected chi connectivity index (χ3v) is 2.40. The number of benzene rings is 1. The normalized spacial score (nSPS) is 11.8. The fourth-order valence-electron chi connectivity index (χ4n) is 1.48. The van der Waals surface area contributed by atoms with E-state index in [1.165, 1.54) is 6.08 Å². The van der Waals surface area contributed by atoms with Crippen LogP contribution in [0.15, 0.2) is 24.3 Å². The van der Waals surface area contributed by atoms with Crippen molar-refractivity contribution in [3.8, 4) is 5.75 Å². The number of phenolic OH excluding ortho intramolecular Hbond substituents is 1. The number of rotatable bonds is 2. The molecule has 4 heteroatoms. The first-order valence-electron chi connectivity index (χ1n) is 5.37. The Morgan fingerprint density at radius 3 is 2.59 bits per heavy atom. The molecular weight excluding hydrogens is 216 g/mol. The summed E-state index contributed by atoms with van der Waals surface area (Å²) in [5.74, 6) is 4.87. The van der Waals surface area contributed by atoms with Gasteiger partial charge in [0.05, 0.1) is 0 Å². The first-order chi connectivity index (χ1) is 7.84. The molecule has 1 aromatic carbocycles. The van der Waals surface area contributed by atoms with Crippen LogP contribution in [0.25, 0.3) is 6.08 Å². The van der Waals surface area contributed by atoms with Gasteiger partial charge in [-0.15, -0.1) is 0 Å². The van der Waals surface area contributed by atoms with E-state index in [1.807, 2.05) is 32.3 Å². The maximum Gasteiger partial charge on any atom is 0.257 e. The van der Waals surface area contributed by atoms with Crippen LogP contribution in [-0.4, -0.2) is 11.0 Å². The molecule has 0 saturated heterocycles. The van der Waals surface area contributed by atoms with E-state index in [1.54, 1.807) is 18.2 Å². The Hall–Kier alpha value is -1.81. The van der Waals surface area contributed by atoms with Crippen LogP contribution in [0.5, 0.6) is 5.75 Å². The molecule has 0 heterocycles. The Morgan fingerprint density at radius 1 is 1.41 bits per heavy atom. The summed E-state index contributed by atoms with van der Waals surface area (Å²) in [6, 6.07) is 5.22. The van der Waals surface area contributed by atoms with Gasteiger partial charge in [0.1, 0.15) is 5.75 Å². The minimum absolute atomic E-state index is 0.149. The fraction of sp³-hybridized carbons (Fsp3) is 0.308. The zero-order chi connectivity index (χ0) is 13.1. The molecule has 0 spiro atoms. The van der Waals surface area contributed by atoms with E-state index >= 15 is 0 Å². The second kappa shape index (κ2) is 5.01. The number of hydrazine groups is 1. The molecule has 0 radical (unpaired) electrons. The maximum absolute atomic E-state index is 11.0. The van der Waals surface area contributed by atoms with Crippen molar-refractivity contribution >= 4 is 12.0 Å². The molecule has 92 valence electrons. The molecule has 0 aliphatic rings. The molecule has 0 aliphatic carbocycles. The number of nitrogens with two attached hydrogens (primary N) is 1. The number of amides is 1. The highest BCUT2D eigenvalue weighted by Crippen LogP contribution is 2.31. The topological polar surface area (TPSA) is 75.4 Å². The average molecular weight is 234 g/mol. The highest BCUT2D eigenvalue weighted by molar-refractivity contribution is 5.91. The third kappa shape index (κ3) is 3.60. The number of carbonyl (C=O) groups excluding carboxylic acids is 1. The summed E-state index contributed by atoms with van der Waals surface area (Å²) in [4.78, 5) is 11.0. The third-order valence-electron chi connectivity index (χ3n) is 2.40. The fourth-order valence-corrected chi connectivity index (χ4v) is 1.48. The van der Waals surface area contributed by atoms with Crippen molar-refractivity contribution in [3.63, 3.8) is 0 Å². The highest BCUT2D eigenvalue weighted by atomic mass is 16.3. The predicted octanol–water partition coefficient (Wildman–Crippen LogP) is 1.69. The van der Waals surface area contributed by atoms with Crippen LogP contribution in [0.4, 0.5) is 0 Å². The molecule has 0 aliphatic heterocycles. The second-order valence-corrected chi connectivity index (χ2v) is 4.87. The monoisotopic (exact) mass is 234 g/mol. The van der Waals surface area contributed by atoms with Gasteiger partial charge < -0.3 is 5.11 Å². The molecule has 0 atom stereocenters. The van der Waals surface area contributed by atoms with Crippen molar-refractivity contribution in [3.05, 3.63) is 35.4 Å². The number of carbonyl (C=O) groups is 1. The quantitative estimate of drug-likeness (QED) is 0.315. The van der Waals surface area contributed by atoms with E-state index in [4.69, 9.17) is 5.84 Å². The van der Waals surface area contributed by atoms with Gasteiger partial charge in [0.25, 0.3) is 5.91 Å². The summed E-state index contributed by atoms with van der Waals surface area (Å²) in [5, 5.41) is 9.77. The molecule has 1 aromatic rings. The number of phenols is 1. The van der Waals surface area contributed by atoms with Crippen molar-refractivity contribution in [1.29, 1.82) is 0 Å². The van der Waals surface area contributed by atoms with Crippen LogP contribution < -0.4 is 11.3 Å². The summed E-state index contributed by atoms with van der Waals surface area (Å²) in [7, 11) is 0. The van der Waals surface area contributed by atoms with E-state index in [0.717, 1.165) is 11.1 Å². The molecule has 4 nitrogen and oxygen atoms in total. The maximum atomic E-state index is 11.0. The first kappa shape index (κ1) is 13.3. The first-order valence-corrected chi connectivity index (χ1v) is 5.37. The lowest BCUT2D eigenvalue weighted by molar-refractivity contribution is -0.116. The Kier molecular flexibility index (Phi) is 3.91. The summed E-state index contributed by atoms with van der Waals surface area (Å²) in [6.45, 7) is 6.05. The van der Waals surface area contributed by atoms with Gasteiger partial charge in [-0.3, -0.25) is 10.2 Å². The van der Waals surface area contributed by atoms with Gasteiger partial charge in [0.15, 0.2) is 0 Å².